The van der Waals surface area contributed by atoms with E-state index < -0.39 is 0 Å². The summed E-state index contributed by atoms with van der Waals surface area (Å²) >= 11 is 0. The van der Waals surface area contributed by atoms with Crippen LogP contribution < -0.4 is 0 Å². The van der Waals surface area contributed by atoms with E-state index in [1.54, 1.807) is 0 Å². The van der Waals surface area contributed by atoms with Gasteiger partial charge in [0.2, 0.25) is 0 Å². The third-order valence-electron chi connectivity index (χ3n) is 4.26. The normalized spacial score (nSPS) is 70.2. The standard InChI is InChI=1S/C9H15N/c1-6-3-4-7(6)9-5-8(9)10(9)2/h6-8H,3-5H2,1-2H3/t6-,7?,8+,9?,10?/m0/s1. The largest absolute Gasteiger partial charge is 0.294 e. The lowest BCUT2D eigenvalue weighted by Gasteiger charge is -2.37. The van der Waals surface area contributed by atoms with E-state index in [1.807, 2.05) is 0 Å². The molecule has 0 aromatic heterocycles. The van der Waals surface area contributed by atoms with Crippen LogP contribution in [0.5, 0.6) is 0 Å². The van der Waals surface area contributed by atoms with E-state index in [0.717, 1.165) is 23.4 Å². The molecule has 0 bridgehead atoms. The summed E-state index contributed by atoms with van der Waals surface area (Å²) < 4.78 is 0. The van der Waals surface area contributed by atoms with Gasteiger partial charge in [-0.25, -0.2) is 0 Å². The summed E-state index contributed by atoms with van der Waals surface area (Å²) in [6, 6.07) is 1.03. The highest BCUT2D eigenvalue weighted by molar-refractivity contribution is 5.36. The van der Waals surface area contributed by atoms with Gasteiger partial charge in [0.05, 0.1) is 0 Å². The van der Waals surface area contributed by atoms with Crippen LogP contribution in [-0.2, 0) is 0 Å². The van der Waals surface area contributed by atoms with Gasteiger partial charge in [0.1, 0.15) is 0 Å². The van der Waals surface area contributed by atoms with Gasteiger partial charge in [-0.15, -0.1) is 0 Å². The summed E-state index contributed by atoms with van der Waals surface area (Å²) in [5.74, 6) is 2.12. The van der Waals surface area contributed by atoms with E-state index in [9.17, 15) is 0 Å². The first kappa shape index (κ1) is 5.59. The van der Waals surface area contributed by atoms with Crippen molar-refractivity contribution in [3.8, 4) is 0 Å². The summed E-state index contributed by atoms with van der Waals surface area (Å²) in [5, 5.41) is 0. The molecule has 56 valence electrons. The molecule has 3 rings (SSSR count). The van der Waals surface area contributed by atoms with Gasteiger partial charge in [0.25, 0.3) is 0 Å². The lowest BCUT2D eigenvalue weighted by Crippen LogP contribution is -2.35. The molecule has 0 spiro atoms. The highest BCUT2D eigenvalue weighted by Crippen LogP contribution is 2.70. The quantitative estimate of drug-likeness (QED) is 0.495. The molecule has 5 atom stereocenters. The Balaban J connectivity index is 1.78. The fraction of sp³-hybridized carbons (Fsp3) is 1.00. The summed E-state index contributed by atoms with van der Waals surface area (Å²) in [5.41, 5.74) is 0.775. The van der Waals surface area contributed by atoms with Gasteiger partial charge in [0, 0.05) is 11.6 Å². The van der Waals surface area contributed by atoms with Crippen molar-refractivity contribution in [2.45, 2.75) is 37.8 Å². The predicted molar refractivity (Wildman–Crippen MR) is 40.8 cm³/mol. The number of rotatable bonds is 1. The number of hydrogen-bond donors (Lipinski definition) is 0. The molecule has 0 radical (unpaired) electrons. The molecule has 0 aromatic rings. The molecular weight excluding hydrogens is 122 g/mol. The first-order chi connectivity index (χ1) is 4.77. The van der Waals surface area contributed by atoms with Crippen molar-refractivity contribution in [3.05, 3.63) is 0 Å². The van der Waals surface area contributed by atoms with E-state index in [0.29, 0.717) is 0 Å². The van der Waals surface area contributed by atoms with Crippen LogP contribution in [0.2, 0.25) is 0 Å². The van der Waals surface area contributed by atoms with Crippen LogP contribution in [0.1, 0.15) is 26.2 Å². The zero-order valence-electron chi connectivity index (χ0n) is 6.80. The van der Waals surface area contributed by atoms with E-state index in [1.165, 1.54) is 19.3 Å². The van der Waals surface area contributed by atoms with Gasteiger partial charge in [0.15, 0.2) is 0 Å². The highest BCUT2D eigenvalue weighted by atomic mass is 15.5. The Kier molecular flexibility index (Phi) is 0.722. The van der Waals surface area contributed by atoms with Crippen molar-refractivity contribution in [1.82, 2.24) is 4.90 Å². The van der Waals surface area contributed by atoms with Crippen LogP contribution in [0.15, 0.2) is 0 Å². The smallest absolute Gasteiger partial charge is 0.0412 e. The van der Waals surface area contributed by atoms with Gasteiger partial charge in [-0.3, -0.25) is 4.90 Å². The fourth-order valence-electron chi connectivity index (χ4n) is 3.06. The third kappa shape index (κ3) is 0.378. The van der Waals surface area contributed by atoms with Crippen LogP contribution >= 0.6 is 0 Å². The van der Waals surface area contributed by atoms with Gasteiger partial charge in [-0.05, 0) is 31.7 Å². The summed E-state index contributed by atoms with van der Waals surface area (Å²) in [6.07, 6.45) is 4.54. The number of fused-ring (bicyclic) bond motifs is 1. The Morgan fingerprint density at radius 1 is 1.40 bits per heavy atom. The summed E-state index contributed by atoms with van der Waals surface area (Å²) in [7, 11) is 2.29. The van der Waals surface area contributed by atoms with Gasteiger partial charge in [-0.2, -0.15) is 0 Å². The molecule has 1 heterocycles. The lowest BCUT2D eigenvalue weighted by molar-refractivity contribution is 0.131. The molecule has 1 heteroatoms. The van der Waals surface area contributed by atoms with Crippen LogP contribution in [0, 0.1) is 11.8 Å². The van der Waals surface area contributed by atoms with Crippen LogP contribution in [0.4, 0.5) is 0 Å². The molecule has 3 aliphatic rings. The van der Waals surface area contributed by atoms with Crippen molar-refractivity contribution < 1.29 is 0 Å². The van der Waals surface area contributed by atoms with Crippen LogP contribution in [0.25, 0.3) is 0 Å². The number of nitrogens with zero attached hydrogens (tertiary/aromatic N) is 1. The molecule has 2 aliphatic carbocycles. The molecule has 10 heavy (non-hydrogen) atoms. The Hall–Kier alpha value is -0.0400. The maximum atomic E-state index is 2.58. The van der Waals surface area contributed by atoms with E-state index in [4.69, 9.17) is 0 Å². The first-order valence-electron chi connectivity index (χ1n) is 4.50. The number of hydrogen-bond acceptors (Lipinski definition) is 1. The van der Waals surface area contributed by atoms with Crippen LogP contribution in [-0.4, -0.2) is 23.5 Å². The van der Waals surface area contributed by atoms with Gasteiger partial charge >= 0.3 is 0 Å². The average molecular weight is 137 g/mol. The van der Waals surface area contributed by atoms with Gasteiger partial charge < -0.3 is 0 Å². The van der Waals surface area contributed by atoms with Crippen molar-refractivity contribution in [2.75, 3.05) is 7.05 Å². The summed E-state index contributed by atoms with van der Waals surface area (Å²) in [4.78, 5) is 2.58. The Morgan fingerprint density at radius 2 is 2.10 bits per heavy atom. The Bertz CT molecular complexity index is 183. The van der Waals surface area contributed by atoms with Crippen molar-refractivity contribution in [1.29, 1.82) is 0 Å². The first-order valence-corrected chi connectivity index (χ1v) is 4.50. The summed E-state index contributed by atoms with van der Waals surface area (Å²) in [6.45, 7) is 2.42. The molecule has 0 N–H and O–H groups in total. The SMILES string of the molecule is C[C@H]1CCC1C12C[C@H]1N2C. The monoisotopic (exact) mass is 137 g/mol. The molecular formula is C9H15N. The lowest BCUT2D eigenvalue weighted by atomic mass is 9.71. The number of likely N-dealkylation sites (N-methyl/N-ethyl adjacent to an activating group) is 1. The van der Waals surface area contributed by atoms with Crippen LogP contribution in [0.3, 0.4) is 0 Å². The van der Waals surface area contributed by atoms with Gasteiger partial charge in [-0.1, -0.05) is 13.3 Å². The molecule has 0 amide bonds. The Morgan fingerprint density at radius 3 is 2.20 bits per heavy atom. The minimum Gasteiger partial charge on any atom is -0.294 e. The minimum atomic E-state index is 0.775. The van der Waals surface area contributed by atoms with E-state index in [2.05, 4.69) is 18.9 Å². The van der Waals surface area contributed by atoms with E-state index >= 15 is 0 Å². The van der Waals surface area contributed by atoms with Crippen molar-refractivity contribution in [2.24, 2.45) is 11.8 Å². The highest BCUT2D eigenvalue weighted by Gasteiger charge is 2.79. The molecule has 0 aromatic carbocycles. The topological polar surface area (TPSA) is 3.01 Å². The zero-order chi connectivity index (χ0) is 6.93. The molecule has 1 aliphatic heterocycles. The minimum absolute atomic E-state index is 0.775. The van der Waals surface area contributed by atoms with E-state index in [-0.39, 0.29) is 0 Å². The maximum absolute atomic E-state index is 2.58. The molecule has 2 saturated carbocycles. The second-order valence-electron chi connectivity index (χ2n) is 4.48. The Labute approximate surface area is 62.4 Å². The molecule has 1 nitrogen and oxygen atoms in total. The second kappa shape index (κ2) is 1.29. The number of likely N-dealkylation sites (tertiary alicyclic amines) is 1. The fourth-order valence-corrected chi connectivity index (χ4v) is 3.06. The molecule has 1 saturated heterocycles. The zero-order valence-corrected chi connectivity index (χ0v) is 6.80. The van der Waals surface area contributed by atoms with Crippen molar-refractivity contribution in [3.63, 3.8) is 0 Å². The van der Waals surface area contributed by atoms with Crippen molar-refractivity contribution >= 4 is 0 Å². The average Bonchev–Trinajstić information content (AvgIpc) is 2.72. The third-order valence-corrected chi connectivity index (χ3v) is 4.26. The molecule has 3 fully saturated rings. The molecule has 3 unspecified atom stereocenters. The maximum Gasteiger partial charge on any atom is 0.0412 e. The second-order valence-corrected chi connectivity index (χ2v) is 4.48. The predicted octanol–water partition coefficient (Wildman–Crippen LogP) is 1.49.